The Bertz CT molecular complexity index is 1010. The van der Waals surface area contributed by atoms with Crippen molar-refractivity contribution in [2.75, 3.05) is 12.4 Å². The van der Waals surface area contributed by atoms with Gasteiger partial charge in [0.2, 0.25) is 0 Å². The van der Waals surface area contributed by atoms with Crippen LogP contribution >= 0.6 is 22.9 Å². The number of carbonyl (C=O) groups excluding carboxylic acids is 3. The van der Waals surface area contributed by atoms with Crippen molar-refractivity contribution in [2.24, 2.45) is 5.92 Å². The van der Waals surface area contributed by atoms with E-state index in [0.29, 0.717) is 34.2 Å². The van der Waals surface area contributed by atoms with Crippen molar-refractivity contribution in [2.45, 2.75) is 45.1 Å². The lowest BCUT2D eigenvalue weighted by molar-refractivity contribution is -0.150. The van der Waals surface area contributed by atoms with Gasteiger partial charge in [0.15, 0.2) is 0 Å². The third-order valence-electron chi connectivity index (χ3n) is 5.59. The van der Waals surface area contributed by atoms with Gasteiger partial charge in [0.1, 0.15) is 11.4 Å². The first-order valence-corrected chi connectivity index (χ1v) is 11.1. The number of thiophene rings is 1. The van der Waals surface area contributed by atoms with E-state index in [1.165, 1.54) is 13.2 Å². The molecule has 1 aromatic heterocycles. The van der Waals surface area contributed by atoms with E-state index in [2.05, 4.69) is 17.6 Å². The molecule has 2 amide bonds. The molecule has 0 bridgehead atoms. The Balaban J connectivity index is 1.77. The van der Waals surface area contributed by atoms with Crippen LogP contribution in [0.25, 0.3) is 0 Å². The van der Waals surface area contributed by atoms with E-state index in [4.69, 9.17) is 16.3 Å². The maximum atomic E-state index is 13.2. The highest BCUT2D eigenvalue weighted by Gasteiger charge is 2.43. The average molecular weight is 467 g/mol. The van der Waals surface area contributed by atoms with Gasteiger partial charge < -0.3 is 15.4 Å². The van der Waals surface area contributed by atoms with Crippen LogP contribution in [-0.2, 0) is 9.53 Å². The molecule has 0 aliphatic heterocycles. The summed E-state index contributed by atoms with van der Waals surface area (Å²) in [6, 6.07) is 5.18. The van der Waals surface area contributed by atoms with Crippen LogP contribution < -0.4 is 10.6 Å². The van der Waals surface area contributed by atoms with Crippen LogP contribution in [-0.4, -0.2) is 30.4 Å². The molecule has 6 nitrogen and oxygen atoms in total. The van der Waals surface area contributed by atoms with Crippen LogP contribution in [0.15, 0.2) is 24.3 Å². The smallest absolute Gasteiger partial charge is 0.331 e. The molecular formula is C22H24ClFN2O4S. The molecule has 1 heterocycles. The van der Waals surface area contributed by atoms with Crippen molar-refractivity contribution in [3.63, 3.8) is 0 Å². The molecule has 1 aliphatic rings. The third-order valence-corrected chi connectivity index (χ3v) is 7.06. The molecule has 0 spiro atoms. The molecule has 1 saturated carbocycles. The Morgan fingerprint density at radius 3 is 2.48 bits per heavy atom. The van der Waals surface area contributed by atoms with Gasteiger partial charge in [-0.3, -0.25) is 9.59 Å². The second-order valence-electron chi connectivity index (χ2n) is 7.91. The second kappa shape index (κ2) is 9.36. The topological polar surface area (TPSA) is 84.5 Å². The zero-order chi connectivity index (χ0) is 22.8. The number of ether oxygens (including phenoxy) is 1. The summed E-state index contributed by atoms with van der Waals surface area (Å²) < 4.78 is 18.2. The van der Waals surface area contributed by atoms with Crippen molar-refractivity contribution >= 4 is 45.7 Å². The van der Waals surface area contributed by atoms with Crippen molar-refractivity contribution in [3.05, 3.63) is 51.1 Å². The standard InChI is InChI=1S/C22H24ClFN2O4S/c1-12-6-8-22(9-7-12,21(29)30-3)26-20(28)18-13(2)10-17(31-18)25-19(27)15-5-4-14(24)11-16(15)23/h4-5,10-12H,6-9H2,1-3H3,(H,25,27)(H,26,28). The minimum atomic E-state index is -1.04. The number of hydrogen-bond donors (Lipinski definition) is 2. The molecular weight excluding hydrogens is 443 g/mol. The monoisotopic (exact) mass is 466 g/mol. The molecule has 31 heavy (non-hydrogen) atoms. The normalized spacial score (nSPS) is 20.7. The van der Waals surface area contributed by atoms with Gasteiger partial charge in [0.05, 0.1) is 27.6 Å². The fourth-order valence-electron chi connectivity index (χ4n) is 3.73. The Labute approximate surface area is 189 Å². The number of esters is 1. The second-order valence-corrected chi connectivity index (χ2v) is 9.37. The van der Waals surface area contributed by atoms with E-state index in [-0.39, 0.29) is 16.5 Å². The highest BCUT2D eigenvalue weighted by atomic mass is 35.5. The molecule has 1 aliphatic carbocycles. The number of carbonyl (C=O) groups is 3. The van der Waals surface area contributed by atoms with E-state index in [1.807, 2.05) is 0 Å². The molecule has 166 valence electrons. The highest BCUT2D eigenvalue weighted by molar-refractivity contribution is 7.18. The lowest BCUT2D eigenvalue weighted by Crippen LogP contribution is -2.56. The number of halogens is 2. The van der Waals surface area contributed by atoms with Gasteiger partial charge in [0, 0.05) is 0 Å². The van der Waals surface area contributed by atoms with E-state index >= 15 is 0 Å². The third kappa shape index (κ3) is 5.07. The first kappa shape index (κ1) is 23.2. The van der Waals surface area contributed by atoms with Crippen LogP contribution in [0, 0.1) is 18.7 Å². The summed E-state index contributed by atoms with van der Waals surface area (Å²) >= 11 is 7.04. The fraction of sp³-hybridized carbons (Fsp3) is 0.409. The summed E-state index contributed by atoms with van der Waals surface area (Å²) in [5.41, 5.74) is -0.256. The van der Waals surface area contributed by atoms with Gasteiger partial charge in [-0.25, -0.2) is 9.18 Å². The van der Waals surface area contributed by atoms with Crippen molar-refractivity contribution < 1.29 is 23.5 Å². The summed E-state index contributed by atoms with van der Waals surface area (Å²) in [6.45, 7) is 3.87. The van der Waals surface area contributed by atoms with Crippen LogP contribution in [0.2, 0.25) is 5.02 Å². The number of nitrogens with one attached hydrogen (secondary N) is 2. The quantitative estimate of drug-likeness (QED) is 0.610. The van der Waals surface area contributed by atoms with Gasteiger partial charge in [-0.1, -0.05) is 18.5 Å². The maximum absolute atomic E-state index is 13.2. The lowest BCUT2D eigenvalue weighted by atomic mass is 9.77. The number of rotatable bonds is 5. The van der Waals surface area contributed by atoms with E-state index < -0.39 is 23.2 Å². The van der Waals surface area contributed by atoms with E-state index in [9.17, 15) is 18.8 Å². The molecule has 9 heteroatoms. The SMILES string of the molecule is COC(=O)C1(NC(=O)c2sc(NC(=O)c3ccc(F)cc3Cl)cc2C)CCC(C)CC1. The number of anilines is 1. The fourth-order valence-corrected chi connectivity index (χ4v) is 4.94. The average Bonchev–Trinajstić information content (AvgIpc) is 3.09. The van der Waals surface area contributed by atoms with E-state index in [1.54, 1.807) is 13.0 Å². The minimum Gasteiger partial charge on any atom is -0.467 e. The van der Waals surface area contributed by atoms with Crippen molar-refractivity contribution in [1.82, 2.24) is 5.32 Å². The van der Waals surface area contributed by atoms with Gasteiger partial charge in [-0.2, -0.15) is 0 Å². The van der Waals surface area contributed by atoms with Gasteiger partial charge in [-0.05, 0) is 68.4 Å². The number of benzene rings is 1. The molecule has 1 aromatic carbocycles. The minimum absolute atomic E-state index is 0.00436. The lowest BCUT2D eigenvalue weighted by Gasteiger charge is -2.37. The highest BCUT2D eigenvalue weighted by Crippen LogP contribution is 2.34. The Kier molecular flexibility index (Phi) is 7.01. The molecule has 1 fully saturated rings. The molecule has 0 radical (unpaired) electrons. The largest absolute Gasteiger partial charge is 0.467 e. The molecule has 3 rings (SSSR count). The Morgan fingerprint density at radius 1 is 1.19 bits per heavy atom. The van der Waals surface area contributed by atoms with Gasteiger partial charge in [-0.15, -0.1) is 11.3 Å². The van der Waals surface area contributed by atoms with Crippen molar-refractivity contribution in [3.8, 4) is 0 Å². The van der Waals surface area contributed by atoms with Crippen LogP contribution in [0.3, 0.4) is 0 Å². The van der Waals surface area contributed by atoms with Gasteiger partial charge in [0.25, 0.3) is 11.8 Å². The predicted molar refractivity (Wildman–Crippen MR) is 118 cm³/mol. The molecule has 2 aromatic rings. The summed E-state index contributed by atoms with van der Waals surface area (Å²) in [6.07, 6.45) is 2.67. The predicted octanol–water partition coefficient (Wildman–Crippen LogP) is 4.95. The first-order valence-electron chi connectivity index (χ1n) is 9.93. The van der Waals surface area contributed by atoms with E-state index in [0.717, 1.165) is 36.3 Å². The maximum Gasteiger partial charge on any atom is 0.331 e. The van der Waals surface area contributed by atoms with Crippen LogP contribution in [0.5, 0.6) is 0 Å². The van der Waals surface area contributed by atoms with Gasteiger partial charge >= 0.3 is 5.97 Å². The molecule has 0 atom stereocenters. The van der Waals surface area contributed by atoms with Crippen LogP contribution in [0.1, 0.15) is 58.2 Å². The zero-order valence-electron chi connectivity index (χ0n) is 17.5. The molecule has 2 N–H and O–H groups in total. The summed E-state index contributed by atoms with van der Waals surface area (Å²) in [4.78, 5) is 38.4. The summed E-state index contributed by atoms with van der Waals surface area (Å²) in [5, 5.41) is 6.02. The Morgan fingerprint density at radius 2 is 1.87 bits per heavy atom. The molecule has 0 unspecified atom stereocenters. The molecule has 0 saturated heterocycles. The number of aryl methyl sites for hydroxylation is 1. The zero-order valence-corrected chi connectivity index (χ0v) is 19.1. The Hall–Kier alpha value is -2.45. The van der Waals surface area contributed by atoms with Crippen molar-refractivity contribution in [1.29, 1.82) is 0 Å². The first-order chi connectivity index (χ1) is 14.6. The number of methoxy groups -OCH3 is 1. The summed E-state index contributed by atoms with van der Waals surface area (Å²) in [7, 11) is 1.32. The summed E-state index contributed by atoms with van der Waals surface area (Å²) in [5.74, 6) is -1.39. The number of hydrogen-bond acceptors (Lipinski definition) is 5. The van der Waals surface area contributed by atoms with Crippen LogP contribution in [0.4, 0.5) is 9.39 Å². The number of amides is 2.